The number of halogens is 2. The highest BCUT2D eigenvalue weighted by molar-refractivity contribution is 6.30. The molecule has 0 unspecified atom stereocenters. The number of aromatic amines is 1. The van der Waals surface area contributed by atoms with Crippen molar-refractivity contribution >= 4 is 23.2 Å². The van der Waals surface area contributed by atoms with Crippen molar-refractivity contribution in [3.8, 4) is 17.1 Å². The van der Waals surface area contributed by atoms with Crippen LogP contribution in [0, 0.1) is 12.7 Å². The zero-order valence-corrected chi connectivity index (χ0v) is 15.7. The third-order valence-corrected chi connectivity index (χ3v) is 4.43. The number of H-pyrrole nitrogens is 1. The van der Waals surface area contributed by atoms with Gasteiger partial charge in [0.05, 0.1) is 10.7 Å². The van der Waals surface area contributed by atoms with Gasteiger partial charge in [0.2, 0.25) is 5.82 Å². The second kappa shape index (κ2) is 7.36. The summed E-state index contributed by atoms with van der Waals surface area (Å²) in [5, 5.41) is 6.21. The number of benzene rings is 2. The van der Waals surface area contributed by atoms with E-state index in [9.17, 15) is 14.0 Å². The van der Waals surface area contributed by atoms with Crippen molar-refractivity contribution in [2.45, 2.75) is 6.92 Å². The molecule has 1 amide bonds. The summed E-state index contributed by atoms with van der Waals surface area (Å²) >= 11 is 5.62. The van der Waals surface area contributed by atoms with Crippen LogP contribution in [0.4, 0.5) is 10.1 Å². The van der Waals surface area contributed by atoms with Gasteiger partial charge in [0, 0.05) is 23.1 Å². The average Bonchev–Trinajstić information content (AvgIpc) is 3.32. The number of imidazole rings is 1. The number of amides is 1. The van der Waals surface area contributed by atoms with Crippen LogP contribution in [-0.4, -0.2) is 25.6 Å². The van der Waals surface area contributed by atoms with E-state index >= 15 is 0 Å². The Morgan fingerprint density at radius 2 is 2.10 bits per heavy atom. The second-order valence-electron chi connectivity index (χ2n) is 6.13. The predicted molar refractivity (Wildman–Crippen MR) is 104 cm³/mol. The van der Waals surface area contributed by atoms with Gasteiger partial charge in [-0.2, -0.15) is 4.98 Å². The summed E-state index contributed by atoms with van der Waals surface area (Å²) in [6.07, 6.45) is 1.60. The Morgan fingerprint density at radius 3 is 2.83 bits per heavy atom. The zero-order valence-electron chi connectivity index (χ0n) is 14.9. The maximum Gasteiger partial charge on any atom is 0.330 e. The Labute approximate surface area is 167 Å². The molecule has 4 aromatic rings. The number of nitrogens with zero attached hydrogens (tertiary/aromatic N) is 3. The molecule has 0 saturated heterocycles. The van der Waals surface area contributed by atoms with E-state index in [1.807, 2.05) is 0 Å². The van der Waals surface area contributed by atoms with Crippen LogP contribution >= 0.6 is 11.6 Å². The molecule has 4 rings (SSSR count). The minimum atomic E-state index is -0.695. The minimum Gasteiger partial charge on any atom is -0.328 e. The van der Waals surface area contributed by atoms with Gasteiger partial charge in [0.15, 0.2) is 0 Å². The van der Waals surface area contributed by atoms with E-state index in [1.54, 1.807) is 37.4 Å². The highest BCUT2D eigenvalue weighted by Crippen LogP contribution is 2.21. The van der Waals surface area contributed by atoms with Crippen LogP contribution in [0.25, 0.3) is 17.1 Å². The molecule has 0 aliphatic heterocycles. The van der Waals surface area contributed by atoms with Crippen LogP contribution in [-0.2, 0) is 0 Å². The Kier molecular flexibility index (Phi) is 4.73. The van der Waals surface area contributed by atoms with Gasteiger partial charge < -0.3 is 14.8 Å². The molecular weight excluding hydrogens is 401 g/mol. The van der Waals surface area contributed by atoms with Crippen molar-refractivity contribution in [3.63, 3.8) is 0 Å². The lowest BCUT2D eigenvalue weighted by atomic mass is 10.2. The average molecular weight is 414 g/mol. The lowest BCUT2D eigenvalue weighted by molar-refractivity contribution is 0.0981. The molecule has 0 saturated carbocycles. The van der Waals surface area contributed by atoms with E-state index in [2.05, 4.69) is 20.4 Å². The first kappa shape index (κ1) is 18.6. The lowest BCUT2D eigenvalue weighted by Gasteiger charge is -2.05. The van der Waals surface area contributed by atoms with E-state index in [1.165, 1.54) is 16.7 Å². The first-order valence-corrected chi connectivity index (χ1v) is 8.78. The Balaban J connectivity index is 1.59. The number of carbonyl (C=O) groups excluding carboxylic acids is 1. The summed E-state index contributed by atoms with van der Waals surface area (Å²) in [4.78, 5) is 30.9. The van der Waals surface area contributed by atoms with Gasteiger partial charge in [0.1, 0.15) is 5.82 Å². The van der Waals surface area contributed by atoms with E-state index in [0.717, 1.165) is 11.8 Å². The minimum absolute atomic E-state index is 0.0558. The van der Waals surface area contributed by atoms with Crippen molar-refractivity contribution < 1.29 is 13.7 Å². The van der Waals surface area contributed by atoms with E-state index in [0.29, 0.717) is 11.3 Å². The van der Waals surface area contributed by atoms with Crippen molar-refractivity contribution in [1.29, 1.82) is 0 Å². The molecule has 0 radical (unpaired) electrons. The first-order valence-electron chi connectivity index (χ1n) is 8.40. The number of aromatic nitrogens is 4. The molecule has 0 bridgehead atoms. The molecule has 0 aliphatic carbocycles. The first-order chi connectivity index (χ1) is 13.9. The number of carbonyl (C=O) groups is 1. The quantitative estimate of drug-likeness (QED) is 0.532. The van der Waals surface area contributed by atoms with Crippen LogP contribution < -0.4 is 11.0 Å². The fourth-order valence-corrected chi connectivity index (χ4v) is 2.87. The monoisotopic (exact) mass is 413 g/mol. The van der Waals surface area contributed by atoms with E-state index in [-0.39, 0.29) is 28.1 Å². The van der Waals surface area contributed by atoms with Crippen molar-refractivity contribution in [2.75, 3.05) is 5.32 Å². The number of hydrogen-bond donors (Lipinski definition) is 2. The molecule has 2 N–H and O–H groups in total. The van der Waals surface area contributed by atoms with Crippen LogP contribution in [0.5, 0.6) is 0 Å². The normalized spacial score (nSPS) is 10.9. The molecule has 0 fully saturated rings. The summed E-state index contributed by atoms with van der Waals surface area (Å²) in [6.45, 7) is 1.79. The lowest BCUT2D eigenvalue weighted by Crippen LogP contribution is -2.15. The number of rotatable bonds is 4. The maximum atomic E-state index is 13.5. The molecule has 0 spiro atoms. The third-order valence-electron chi connectivity index (χ3n) is 4.12. The molecule has 2 heterocycles. The van der Waals surface area contributed by atoms with Crippen molar-refractivity contribution in [2.24, 2.45) is 0 Å². The van der Waals surface area contributed by atoms with Gasteiger partial charge in [0.25, 0.3) is 0 Å². The molecule has 146 valence electrons. The summed E-state index contributed by atoms with van der Waals surface area (Å²) < 4.78 is 20.0. The highest BCUT2D eigenvalue weighted by atomic mass is 35.5. The van der Waals surface area contributed by atoms with Gasteiger partial charge in [-0.05, 0) is 37.3 Å². The standard InChI is InChI=1S/C19H13ClFN5O3/c1-10-9-22-19(28)26(10)13-4-2-3-11(7-13)16-24-18(29-25-16)17(27)23-12-5-6-14(20)15(21)8-12/h2-9H,1H3,(H,22,28)(H,23,27). The summed E-state index contributed by atoms with van der Waals surface area (Å²) in [7, 11) is 0. The maximum absolute atomic E-state index is 13.5. The van der Waals surface area contributed by atoms with Crippen LogP contribution in [0.15, 0.2) is 58.0 Å². The number of aryl methyl sites for hydroxylation is 1. The Hall–Kier alpha value is -3.72. The predicted octanol–water partition coefficient (Wildman–Crippen LogP) is 3.57. The molecule has 2 aromatic heterocycles. The second-order valence-corrected chi connectivity index (χ2v) is 6.53. The van der Waals surface area contributed by atoms with E-state index in [4.69, 9.17) is 16.1 Å². The molecule has 8 nitrogen and oxygen atoms in total. The van der Waals surface area contributed by atoms with E-state index < -0.39 is 11.7 Å². The van der Waals surface area contributed by atoms with Gasteiger partial charge in [-0.15, -0.1) is 0 Å². The van der Waals surface area contributed by atoms with Gasteiger partial charge in [-0.1, -0.05) is 28.9 Å². The fourth-order valence-electron chi connectivity index (χ4n) is 2.75. The van der Waals surface area contributed by atoms with Gasteiger partial charge >= 0.3 is 17.5 Å². The van der Waals surface area contributed by atoms with Crippen LogP contribution in [0.3, 0.4) is 0 Å². The largest absolute Gasteiger partial charge is 0.330 e. The third kappa shape index (κ3) is 3.67. The summed E-state index contributed by atoms with van der Waals surface area (Å²) in [5.74, 6) is -1.49. The van der Waals surface area contributed by atoms with Gasteiger partial charge in [-0.25, -0.2) is 9.18 Å². The molecule has 2 aromatic carbocycles. The molecule has 10 heteroatoms. The Morgan fingerprint density at radius 1 is 1.28 bits per heavy atom. The number of nitrogens with one attached hydrogen (secondary N) is 2. The van der Waals surface area contributed by atoms with Crippen LogP contribution in [0.1, 0.15) is 16.4 Å². The zero-order chi connectivity index (χ0) is 20.5. The van der Waals surface area contributed by atoms with Crippen molar-refractivity contribution in [1.82, 2.24) is 19.7 Å². The molecule has 0 aliphatic rings. The van der Waals surface area contributed by atoms with Gasteiger partial charge in [-0.3, -0.25) is 9.36 Å². The molecular formula is C19H13ClFN5O3. The Bertz CT molecular complexity index is 1280. The number of hydrogen-bond acceptors (Lipinski definition) is 5. The summed E-state index contributed by atoms with van der Waals surface area (Å²) in [5.41, 5.74) is 1.81. The van der Waals surface area contributed by atoms with Crippen molar-refractivity contribution in [3.05, 3.63) is 81.6 Å². The molecule has 29 heavy (non-hydrogen) atoms. The topological polar surface area (TPSA) is 106 Å². The number of anilines is 1. The SMILES string of the molecule is Cc1c[nH]c(=O)n1-c1cccc(-c2noc(C(=O)Nc3ccc(Cl)c(F)c3)n2)c1. The van der Waals surface area contributed by atoms with Crippen LogP contribution in [0.2, 0.25) is 5.02 Å². The summed E-state index contributed by atoms with van der Waals surface area (Å²) in [6, 6.07) is 10.8. The highest BCUT2D eigenvalue weighted by Gasteiger charge is 2.17. The fraction of sp³-hybridized carbons (Fsp3) is 0.0526. The smallest absolute Gasteiger partial charge is 0.328 e. The molecule has 0 atom stereocenters.